The van der Waals surface area contributed by atoms with Gasteiger partial charge in [-0.25, -0.2) is 0 Å². The predicted molar refractivity (Wildman–Crippen MR) is 109 cm³/mol. The van der Waals surface area contributed by atoms with Crippen LogP contribution in [0.15, 0.2) is 84.9 Å². The van der Waals surface area contributed by atoms with Crippen LogP contribution >= 0.6 is 0 Å². The van der Waals surface area contributed by atoms with E-state index in [4.69, 9.17) is 9.47 Å². The van der Waals surface area contributed by atoms with Gasteiger partial charge in [0.2, 0.25) is 5.91 Å². The minimum Gasteiger partial charge on any atom is -0.486 e. The van der Waals surface area contributed by atoms with Gasteiger partial charge in [-0.05, 0) is 29.8 Å². The monoisotopic (exact) mass is 374 g/mol. The van der Waals surface area contributed by atoms with Crippen LogP contribution < -0.4 is 20.1 Å². The van der Waals surface area contributed by atoms with Crippen molar-refractivity contribution in [3.05, 3.63) is 90.5 Å². The van der Waals surface area contributed by atoms with E-state index in [1.54, 1.807) is 0 Å². The molecule has 0 unspecified atom stereocenters. The van der Waals surface area contributed by atoms with E-state index in [-0.39, 0.29) is 12.0 Å². The van der Waals surface area contributed by atoms with Gasteiger partial charge in [-0.2, -0.15) is 0 Å². The smallest absolute Gasteiger partial charge is 0.246 e. The fraction of sp³-hybridized carbons (Fsp3) is 0.174. The van der Waals surface area contributed by atoms with E-state index in [1.165, 1.54) is 0 Å². The lowest BCUT2D eigenvalue weighted by Crippen LogP contribution is -2.42. The summed E-state index contributed by atoms with van der Waals surface area (Å²) in [6, 6.07) is 26.2. The Hall–Kier alpha value is -3.31. The number of nitrogens with one attached hydrogen (secondary N) is 2. The maximum absolute atomic E-state index is 12.9. The summed E-state index contributed by atoms with van der Waals surface area (Å²) < 4.78 is 11.8. The summed E-state index contributed by atoms with van der Waals surface area (Å²) in [5, 5.41) is 6.31. The van der Waals surface area contributed by atoms with Crippen molar-refractivity contribution in [3.63, 3.8) is 0 Å². The number of rotatable bonds is 6. The molecule has 2 N–H and O–H groups in total. The molecule has 0 bridgehead atoms. The molecule has 0 spiro atoms. The number of fused-ring (bicyclic) bond motifs is 1. The Labute approximate surface area is 164 Å². The van der Waals surface area contributed by atoms with Crippen LogP contribution in [-0.2, 0) is 4.79 Å². The number of hydrogen-bond acceptors (Lipinski definition) is 4. The number of amides is 1. The van der Waals surface area contributed by atoms with Gasteiger partial charge in [0.1, 0.15) is 18.8 Å². The Morgan fingerprint density at radius 2 is 1.54 bits per heavy atom. The second-order valence-corrected chi connectivity index (χ2v) is 6.60. The van der Waals surface area contributed by atoms with Crippen LogP contribution in [0.5, 0.6) is 11.5 Å². The molecule has 5 heteroatoms. The lowest BCUT2D eigenvalue weighted by atomic mass is 10.1. The van der Waals surface area contributed by atoms with Crippen molar-refractivity contribution < 1.29 is 14.3 Å². The number of anilines is 1. The molecule has 5 nitrogen and oxygen atoms in total. The Morgan fingerprint density at radius 1 is 0.893 bits per heavy atom. The number of carbonyl (C=O) groups is 1. The van der Waals surface area contributed by atoms with E-state index in [0.717, 1.165) is 22.7 Å². The number of ether oxygens (including phenoxy) is 2. The van der Waals surface area contributed by atoms with Gasteiger partial charge in [0.15, 0.2) is 11.5 Å². The third kappa shape index (κ3) is 4.32. The molecule has 2 atom stereocenters. The molecule has 0 saturated carbocycles. The number of benzene rings is 3. The third-order valence-corrected chi connectivity index (χ3v) is 4.55. The zero-order valence-electron chi connectivity index (χ0n) is 15.4. The number of hydrogen-bond donors (Lipinski definition) is 2. The number of carbonyl (C=O) groups excluding carboxylic acids is 1. The molecule has 4 rings (SSSR count). The molecule has 0 radical (unpaired) electrons. The van der Waals surface area contributed by atoms with E-state index in [1.807, 2.05) is 84.9 Å². The van der Waals surface area contributed by atoms with Crippen LogP contribution in [0.1, 0.15) is 11.6 Å². The second-order valence-electron chi connectivity index (χ2n) is 6.60. The van der Waals surface area contributed by atoms with Crippen LogP contribution in [-0.4, -0.2) is 25.2 Å². The van der Waals surface area contributed by atoms with Gasteiger partial charge < -0.3 is 14.8 Å². The molecule has 142 valence electrons. The zero-order chi connectivity index (χ0) is 19.2. The second kappa shape index (κ2) is 8.59. The highest BCUT2D eigenvalue weighted by atomic mass is 16.6. The molecule has 3 aromatic carbocycles. The summed E-state index contributed by atoms with van der Waals surface area (Å²) in [5.41, 5.74) is 1.66. The van der Waals surface area contributed by atoms with Gasteiger partial charge in [-0.1, -0.05) is 60.7 Å². The average Bonchev–Trinajstić information content (AvgIpc) is 2.75. The van der Waals surface area contributed by atoms with Crippen molar-refractivity contribution in [2.24, 2.45) is 0 Å². The van der Waals surface area contributed by atoms with Crippen LogP contribution in [0.2, 0.25) is 0 Å². The molecule has 1 heterocycles. The molecule has 1 amide bonds. The summed E-state index contributed by atoms with van der Waals surface area (Å²) >= 11 is 0. The van der Waals surface area contributed by atoms with Crippen LogP contribution in [0, 0.1) is 0 Å². The molecule has 0 aromatic heterocycles. The van der Waals surface area contributed by atoms with Crippen molar-refractivity contribution in [3.8, 4) is 11.5 Å². The first kappa shape index (κ1) is 18.1. The lowest BCUT2D eigenvalue weighted by Gasteiger charge is -2.28. The molecule has 28 heavy (non-hydrogen) atoms. The molecule has 3 aromatic rings. The van der Waals surface area contributed by atoms with Gasteiger partial charge in [-0.15, -0.1) is 0 Å². The molecule has 0 aliphatic carbocycles. The van der Waals surface area contributed by atoms with Crippen LogP contribution in [0.4, 0.5) is 5.69 Å². The largest absolute Gasteiger partial charge is 0.486 e. The maximum atomic E-state index is 12.9. The molecular weight excluding hydrogens is 352 g/mol. The first-order valence-electron chi connectivity index (χ1n) is 9.32. The minimum absolute atomic E-state index is 0.116. The van der Waals surface area contributed by atoms with Gasteiger partial charge in [0, 0.05) is 12.2 Å². The van der Waals surface area contributed by atoms with Gasteiger partial charge >= 0.3 is 0 Å². The summed E-state index contributed by atoms with van der Waals surface area (Å²) in [6.45, 7) is 0.919. The van der Waals surface area contributed by atoms with Crippen molar-refractivity contribution in [1.82, 2.24) is 5.32 Å². The van der Waals surface area contributed by atoms with Crippen molar-refractivity contribution in [2.75, 3.05) is 18.5 Å². The summed E-state index contributed by atoms with van der Waals surface area (Å²) in [6.07, 6.45) is -0.175. The van der Waals surface area contributed by atoms with E-state index in [9.17, 15) is 4.79 Å². The summed E-state index contributed by atoms with van der Waals surface area (Å²) in [4.78, 5) is 12.9. The van der Waals surface area contributed by atoms with Gasteiger partial charge in [-0.3, -0.25) is 10.1 Å². The highest BCUT2D eigenvalue weighted by Crippen LogP contribution is 2.30. The molecular formula is C23H22N2O3. The van der Waals surface area contributed by atoms with Crippen LogP contribution in [0.25, 0.3) is 0 Å². The van der Waals surface area contributed by atoms with E-state index >= 15 is 0 Å². The fourth-order valence-electron chi connectivity index (χ4n) is 3.16. The Bertz CT molecular complexity index is 915. The lowest BCUT2D eigenvalue weighted by molar-refractivity contribution is -0.118. The highest BCUT2D eigenvalue weighted by molar-refractivity contribution is 5.95. The minimum atomic E-state index is -0.498. The topological polar surface area (TPSA) is 59.6 Å². The third-order valence-electron chi connectivity index (χ3n) is 4.55. The normalized spacial score (nSPS) is 16.2. The molecule has 0 fully saturated rings. The van der Waals surface area contributed by atoms with E-state index in [2.05, 4.69) is 10.6 Å². The number of para-hydroxylation sites is 3. The Morgan fingerprint density at radius 3 is 2.29 bits per heavy atom. The molecule has 0 saturated heterocycles. The van der Waals surface area contributed by atoms with Crippen LogP contribution in [0.3, 0.4) is 0 Å². The Balaban J connectivity index is 1.45. The quantitative estimate of drug-likeness (QED) is 0.689. The van der Waals surface area contributed by atoms with Gasteiger partial charge in [0.05, 0.1) is 0 Å². The molecule has 1 aliphatic heterocycles. The maximum Gasteiger partial charge on any atom is 0.246 e. The zero-order valence-corrected chi connectivity index (χ0v) is 15.4. The SMILES string of the molecule is O=C(Nc1ccccc1)[C@H](NC[C@H]1COc2ccccc2O1)c1ccccc1. The van der Waals surface area contributed by atoms with Gasteiger partial charge in [0.25, 0.3) is 0 Å². The first-order valence-corrected chi connectivity index (χ1v) is 9.32. The Kier molecular flexibility index (Phi) is 5.54. The standard InChI is InChI=1S/C23H22N2O3/c26-23(25-18-11-5-2-6-12-18)22(17-9-3-1-4-10-17)24-15-19-16-27-20-13-7-8-14-21(20)28-19/h1-14,19,22,24H,15-16H2,(H,25,26)/t19-,22+/m0/s1. The first-order chi connectivity index (χ1) is 13.8. The van der Waals surface area contributed by atoms with Crippen molar-refractivity contribution in [2.45, 2.75) is 12.1 Å². The highest BCUT2D eigenvalue weighted by Gasteiger charge is 2.25. The van der Waals surface area contributed by atoms with E-state index < -0.39 is 6.04 Å². The summed E-state index contributed by atoms with van der Waals surface area (Å²) in [5.74, 6) is 1.36. The van der Waals surface area contributed by atoms with Crippen molar-refractivity contribution in [1.29, 1.82) is 0 Å². The van der Waals surface area contributed by atoms with Crippen molar-refractivity contribution >= 4 is 11.6 Å². The molecule has 1 aliphatic rings. The average molecular weight is 374 g/mol. The summed E-state index contributed by atoms with van der Waals surface area (Å²) in [7, 11) is 0. The fourth-order valence-corrected chi connectivity index (χ4v) is 3.16. The predicted octanol–water partition coefficient (Wildman–Crippen LogP) is 3.80. The van der Waals surface area contributed by atoms with E-state index in [0.29, 0.717) is 13.2 Å².